The van der Waals surface area contributed by atoms with E-state index in [9.17, 15) is 4.79 Å². The number of carbonyl (C=O) groups excluding carboxylic acids is 1. The first-order valence-electron chi connectivity index (χ1n) is 8.01. The monoisotopic (exact) mass is 365 g/mol. The summed E-state index contributed by atoms with van der Waals surface area (Å²) < 4.78 is 6.66. The minimum absolute atomic E-state index is 0.225. The Morgan fingerprint density at radius 2 is 2.04 bits per heavy atom. The Hall–Kier alpha value is -1.60. The Bertz CT molecular complexity index is 673. The number of nitrogens with zero attached hydrogens (tertiary/aromatic N) is 2. The van der Waals surface area contributed by atoms with Crippen molar-refractivity contribution in [2.24, 2.45) is 5.92 Å². The maximum Gasteiger partial charge on any atom is 0.266 e. The Morgan fingerprint density at radius 1 is 1.29 bits per heavy atom. The van der Waals surface area contributed by atoms with Crippen LogP contribution in [0.2, 0.25) is 0 Å². The van der Waals surface area contributed by atoms with Gasteiger partial charge in [-0.3, -0.25) is 10.1 Å². The molecule has 2 rings (SSSR count). The lowest BCUT2D eigenvalue weighted by Gasteiger charge is -2.15. The molecule has 0 radical (unpaired) electrons. The number of para-hydroxylation sites is 1. The molecule has 0 fully saturated rings. The highest BCUT2D eigenvalue weighted by molar-refractivity contribution is 8.01. The van der Waals surface area contributed by atoms with E-state index in [1.165, 1.54) is 11.3 Å². The maximum absolute atomic E-state index is 12.3. The van der Waals surface area contributed by atoms with Crippen LogP contribution in [0.4, 0.5) is 5.13 Å². The number of hydrogen-bond donors (Lipinski definition) is 1. The first kappa shape index (κ1) is 18.7. The van der Waals surface area contributed by atoms with Crippen LogP contribution >= 0.6 is 23.1 Å². The van der Waals surface area contributed by atoms with Gasteiger partial charge in [-0.15, -0.1) is 10.2 Å². The van der Waals surface area contributed by atoms with Crippen molar-refractivity contribution in [2.75, 3.05) is 11.1 Å². The minimum atomic E-state index is -0.603. The second-order valence-corrected chi connectivity index (χ2v) is 8.03. The highest BCUT2D eigenvalue weighted by atomic mass is 32.2. The number of rotatable bonds is 8. The lowest BCUT2D eigenvalue weighted by molar-refractivity contribution is -0.122. The van der Waals surface area contributed by atoms with Gasteiger partial charge in [0, 0.05) is 5.75 Å². The number of aromatic nitrogens is 2. The Morgan fingerprint density at radius 3 is 2.75 bits per heavy atom. The SMILES string of the molecule is CCc1ccccc1OC(C)C(=O)Nc1nnc(SCC(C)C)s1. The number of ether oxygens (including phenoxy) is 1. The van der Waals surface area contributed by atoms with E-state index in [-0.39, 0.29) is 5.91 Å². The van der Waals surface area contributed by atoms with E-state index in [1.54, 1.807) is 18.7 Å². The molecular weight excluding hydrogens is 342 g/mol. The van der Waals surface area contributed by atoms with E-state index >= 15 is 0 Å². The summed E-state index contributed by atoms with van der Waals surface area (Å²) in [5, 5.41) is 11.4. The number of benzene rings is 1. The lowest BCUT2D eigenvalue weighted by Crippen LogP contribution is -2.30. The summed E-state index contributed by atoms with van der Waals surface area (Å²) in [5.41, 5.74) is 1.08. The summed E-state index contributed by atoms with van der Waals surface area (Å²) in [4.78, 5) is 12.3. The van der Waals surface area contributed by atoms with Crippen molar-refractivity contribution in [1.29, 1.82) is 0 Å². The topological polar surface area (TPSA) is 64.1 Å². The Balaban J connectivity index is 1.92. The molecule has 1 amide bonds. The van der Waals surface area contributed by atoms with Crippen LogP contribution in [-0.2, 0) is 11.2 Å². The molecule has 0 aliphatic carbocycles. The maximum atomic E-state index is 12.3. The van der Waals surface area contributed by atoms with E-state index < -0.39 is 6.10 Å². The molecule has 0 aliphatic rings. The molecule has 0 aliphatic heterocycles. The van der Waals surface area contributed by atoms with E-state index in [4.69, 9.17) is 4.74 Å². The fraction of sp³-hybridized carbons (Fsp3) is 0.471. The highest BCUT2D eigenvalue weighted by Crippen LogP contribution is 2.27. The van der Waals surface area contributed by atoms with Crippen molar-refractivity contribution in [2.45, 2.75) is 44.6 Å². The van der Waals surface area contributed by atoms with Crippen molar-refractivity contribution in [3.8, 4) is 5.75 Å². The van der Waals surface area contributed by atoms with Crippen LogP contribution in [0.15, 0.2) is 28.6 Å². The number of nitrogens with one attached hydrogen (secondary N) is 1. The highest BCUT2D eigenvalue weighted by Gasteiger charge is 2.18. The van der Waals surface area contributed by atoms with E-state index in [2.05, 4.69) is 36.3 Å². The van der Waals surface area contributed by atoms with Gasteiger partial charge in [-0.25, -0.2) is 0 Å². The van der Waals surface area contributed by atoms with Crippen molar-refractivity contribution in [3.63, 3.8) is 0 Å². The smallest absolute Gasteiger partial charge is 0.266 e. The molecule has 1 heterocycles. The lowest BCUT2D eigenvalue weighted by atomic mass is 10.1. The quantitative estimate of drug-likeness (QED) is 0.559. The van der Waals surface area contributed by atoms with Gasteiger partial charge in [0.1, 0.15) is 5.75 Å². The van der Waals surface area contributed by atoms with Crippen LogP contribution in [-0.4, -0.2) is 28.0 Å². The van der Waals surface area contributed by atoms with Crippen LogP contribution < -0.4 is 10.1 Å². The van der Waals surface area contributed by atoms with Crippen molar-refractivity contribution in [3.05, 3.63) is 29.8 Å². The fourth-order valence-electron chi connectivity index (χ4n) is 1.92. The van der Waals surface area contributed by atoms with Crippen LogP contribution in [0.25, 0.3) is 0 Å². The van der Waals surface area contributed by atoms with Gasteiger partial charge in [0.15, 0.2) is 10.4 Å². The summed E-state index contributed by atoms with van der Waals surface area (Å²) in [5.74, 6) is 2.09. The molecule has 0 bridgehead atoms. The van der Waals surface area contributed by atoms with Gasteiger partial charge in [-0.05, 0) is 30.9 Å². The fourth-order valence-corrected chi connectivity index (χ4v) is 3.65. The Kier molecular flexibility index (Phi) is 7.05. The van der Waals surface area contributed by atoms with Gasteiger partial charge < -0.3 is 4.74 Å². The molecule has 24 heavy (non-hydrogen) atoms. The number of thioether (sulfide) groups is 1. The van der Waals surface area contributed by atoms with Gasteiger partial charge in [-0.1, -0.05) is 62.1 Å². The van der Waals surface area contributed by atoms with Crippen LogP contribution in [0.5, 0.6) is 5.75 Å². The number of amides is 1. The summed E-state index contributed by atoms with van der Waals surface area (Å²) in [6, 6.07) is 7.76. The largest absolute Gasteiger partial charge is 0.481 e. The zero-order chi connectivity index (χ0) is 17.5. The normalized spacial score (nSPS) is 12.2. The summed E-state index contributed by atoms with van der Waals surface area (Å²) in [6.07, 6.45) is 0.255. The van der Waals surface area contributed by atoms with Crippen molar-refractivity contribution in [1.82, 2.24) is 10.2 Å². The summed E-state index contributed by atoms with van der Waals surface area (Å²) in [7, 11) is 0. The molecule has 5 nitrogen and oxygen atoms in total. The zero-order valence-electron chi connectivity index (χ0n) is 14.4. The molecule has 0 spiro atoms. The third-order valence-corrected chi connectivity index (χ3v) is 5.60. The molecule has 7 heteroatoms. The second kappa shape index (κ2) is 9.03. The van der Waals surface area contributed by atoms with E-state index in [1.807, 2.05) is 24.3 Å². The molecule has 1 unspecified atom stereocenters. The predicted octanol–water partition coefficient (Wildman–Crippen LogP) is 4.25. The van der Waals surface area contributed by atoms with Crippen molar-refractivity contribution >= 4 is 34.1 Å². The molecule has 0 saturated heterocycles. The Labute approximate surface area is 151 Å². The number of aryl methyl sites for hydroxylation is 1. The van der Waals surface area contributed by atoms with Gasteiger partial charge >= 0.3 is 0 Å². The van der Waals surface area contributed by atoms with Crippen LogP contribution in [0.1, 0.15) is 33.3 Å². The third-order valence-electron chi connectivity index (χ3n) is 3.20. The molecular formula is C17H23N3O2S2. The minimum Gasteiger partial charge on any atom is -0.481 e. The predicted molar refractivity (Wildman–Crippen MR) is 100 cm³/mol. The number of hydrogen-bond acceptors (Lipinski definition) is 6. The zero-order valence-corrected chi connectivity index (χ0v) is 16.0. The van der Waals surface area contributed by atoms with Crippen LogP contribution in [0, 0.1) is 5.92 Å². The van der Waals surface area contributed by atoms with Crippen molar-refractivity contribution < 1.29 is 9.53 Å². The first-order valence-corrected chi connectivity index (χ1v) is 9.81. The number of anilines is 1. The molecule has 0 saturated carbocycles. The molecule has 1 aromatic heterocycles. The summed E-state index contributed by atoms with van der Waals surface area (Å²) in [6.45, 7) is 8.11. The average Bonchev–Trinajstić information content (AvgIpc) is 3.00. The van der Waals surface area contributed by atoms with Gasteiger partial charge in [-0.2, -0.15) is 0 Å². The van der Waals surface area contributed by atoms with Gasteiger partial charge in [0.05, 0.1) is 0 Å². The molecule has 130 valence electrons. The first-order chi connectivity index (χ1) is 11.5. The van der Waals surface area contributed by atoms with Gasteiger partial charge in [0.2, 0.25) is 5.13 Å². The molecule has 1 aromatic carbocycles. The van der Waals surface area contributed by atoms with Crippen LogP contribution in [0.3, 0.4) is 0 Å². The van der Waals surface area contributed by atoms with Gasteiger partial charge in [0.25, 0.3) is 5.91 Å². The number of carbonyl (C=O) groups is 1. The van der Waals surface area contributed by atoms with E-state index in [0.29, 0.717) is 11.0 Å². The molecule has 2 aromatic rings. The average molecular weight is 366 g/mol. The summed E-state index contributed by atoms with van der Waals surface area (Å²) >= 11 is 3.04. The molecule has 1 N–H and O–H groups in total. The second-order valence-electron chi connectivity index (χ2n) is 5.79. The third kappa shape index (κ3) is 5.49. The standard InChI is InChI=1S/C17H23N3O2S2/c1-5-13-8-6-7-9-14(13)22-12(4)15(21)18-16-19-20-17(24-16)23-10-11(2)3/h6-9,11-12H,5,10H2,1-4H3,(H,18,19,21). The van der Waals surface area contributed by atoms with E-state index in [0.717, 1.165) is 27.8 Å². The molecule has 1 atom stereocenters.